The van der Waals surface area contributed by atoms with Gasteiger partial charge in [0.2, 0.25) is 6.29 Å². The Morgan fingerprint density at radius 1 is 1.00 bits per heavy atom. The van der Waals surface area contributed by atoms with Crippen molar-refractivity contribution in [3.05, 3.63) is 83.4 Å². The van der Waals surface area contributed by atoms with Crippen molar-refractivity contribution in [1.29, 1.82) is 0 Å². The minimum Gasteiger partial charge on any atom is -0.465 e. The second-order valence-corrected chi connectivity index (χ2v) is 13.1. The van der Waals surface area contributed by atoms with Crippen molar-refractivity contribution in [2.75, 3.05) is 41.0 Å². The summed E-state index contributed by atoms with van der Waals surface area (Å²) in [6.45, 7) is 10.1. The van der Waals surface area contributed by atoms with E-state index in [-0.39, 0.29) is 24.3 Å². The molecule has 0 saturated carbocycles. The number of carbonyl (C=O) groups excluding carboxylic acids is 2. The first-order chi connectivity index (χ1) is 25.9. The van der Waals surface area contributed by atoms with Gasteiger partial charge in [-0.05, 0) is 56.5 Å². The van der Waals surface area contributed by atoms with E-state index in [1.54, 1.807) is 35.4 Å². The third-order valence-electron chi connectivity index (χ3n) is 8.25. The van der Waals surface area contributed by atoms with Gasteiger partial charge in [0, 0.05) is 26.0 Å². The Labute approximate surface area is 313 Å². The lowest BCUT2D eigenvalue weighted by atomic mass is 9.98. The maximum atomic E-state index is 13.5. The number of para-hydroxylation sites is 1. The summed E-state index contributed by atoms with van der Waals surface area (Å²) in [6.07, 6.45) is -1.91. The molecule has 4 aromatic rings. The van der Waals surface area contributed by atoms with Gasteiger partial charge in [0.05, 0.1) is 48.9 Å². The number of hydrogen-bond acceptors (Lipinski definition) is 14. The first-order valence-electron chi connectivity index (χ1n) is 17.5. The minimum atomic E-state index is -1.24. The lowest BCUT2D eigenvalue weighted by Crippen LogP contribution is -2.44. The van der Waals surface area contributed by atoms with Gasteiger partial charge in [-0.1, -0.05) is 54.6 Å². The molecular formula is C37H48N9O8+. The molecule has 54 heavy (non-hydrogen) atoms. The molecule has 0 spiro atoms. The molecule has 5 rings (SSSR count). The van der Waals surface area contributed by atoms with Crippen molar-refractivity contribution in [3.8, 4) is 17.1 Å². The van der Waals surface area contributed by atoms with Crippen molar-refractivity contribution in [3.63, 3.8) is 0 Å². The Morgan fingerprint density at radius 2 is 1.74 bits per heavy atom. The summed E-state index contributed by atoms with van der Waals surface area (Å²) in [5.41, 5.74) is 11.0. The molecule has 2 heterocycles. The maximum absolute atomic E-state index is 13.5. The average molecular weight is 747 g/mol. The van der Waals surface area contributed by atoms with Crippen molar-refractivity contribution in [1.82, 2.24) is 30.6 Å². The van der Waals surface area contributed by atoms with E-state index in [0.29, 0.717) is 42.5 Å². The fourth-order valence-corrected chi connectivity index (χ4v) is 5.33. The highest BCUT2D eigenvalue weighted by atomic mass is 16.8. The first-order valence-corrected chi connectivity index (χ1v) is 17.5. The summed E-state index contributed by atoms with van der Waals surface area (Å²) in [4.78, 5) is 42.2. The molecule has 1 aliphatic rings. The number of ether oxygens (including phenoxy) is 4. The highest BCUT2D eigenvalue weighted by molar-refractivity contribution is 6.04. The van der Waals surface area contributed by atoms with Crippen LogP contribution in [0, 0.1) is 0 Å². The van der Waals surface area contributed by atoms with Gasteiger partial charge in [0.25, 0.3) is 16.3 Å². The molecule has 1 aliphatic heterocycles. The first kappa shape index (κ1) is 39.1. The third-order valence-corrected chi connectivity index (χ3v) is 8.25. The summed E-state index contributed by atoms with van der Waals surface area (Å²) in [5.74, 6) is 0.00562. The lowest BCUT2D eigenvalue weighted by Gasteiger charge is -2.23. The smallest absolute Gasteiger partial charge is 0.465 e. The molecule has 0 bridgehead atoms. The lowest BCUT2D eigenvalue weighted by molar-refractivity contribution is -0.947. The van der Waals surface area contributed by atoms with Crippen molar-refractivity contribution < 1.29 is 43.2 Å². The number of nitrogens with one attached hydrogen (secondary N) is 2. The van der Waals surface area contributed by atoms with Crippen LogP contribution in [0.25, 0.3) is 22.2 Å². The zero-order chi connectivity index (χ0) is 38.8. The van der Waals surface area contributed by atoms with Gasteiger partial charge in [0.15, 0.2) is 12.9 Å². The Hall–Kier alpha value is -6.10. The number of amidine groups is 1. The predicted molar refractivity (Wildman–Crippen MR) is 198 cm³/mol. The number of benzene rings is 3. The summed E-state index contributed by atoms with van der Waals surface area (Å²) in [5, 5.41) is 11.8. The maximum Gasteiger partial charge on any atom is 0.511 e. The van der Waals surface area contributed by atoms with Crippen LogP contribution in [-0.4, -0.2) is 95.5 Å². The summed E-state index contributed by atoms with van der Waals surface area (Å²) in [7, 11) is 5.09. The van der Waals surface area contributed by atoms with Crippen LogP contribution >= 0.6 is 0 Å². The number of nitrogens with zero attached hydrogens (tertiary/aromatic N) is 7. The van der Waals surface area contributed by atoms with E-state index in [0.717, 1.165) is 22.3 Å². The number of imidazole rings is 1. The highest BCUT2D eigenvalue weighted by Crippen LogP contribution is 2.29. The molecule has 0 fully saturated rings. The van der Waals surface area contributed by atoms with Crippen LogP contribution in [0.15, 0.2) is 77.1 Å². The number of rotatable bonds is 16. The van der Waals surface area contributed by atoms with Crippen LogP contribution in [0.2, 0.25) is 0 Å². The SMILES string of the molecule is CCOc1nc2cccc(C(=O)OC(C)OC(=O)OCCCO/N=[N+](\OC)N(C)C(C)(C)C)c2n1Cc1ccc(-c2ccccc2C2=NN(C)NN2)cc1. The van der Waals surface area contributed by atoms with E-state index >= 15 is 0 Å². The standard InChI is InChI=1S/C37H47N9O8/c1-9-50-35-38-31-17-12-16-30(34(47)53-25(2)54-36(48)51-22-13-23-52-42-46(49-8)43(6)37(3,4)5)32(31)45(35)24-26-18-20-27(21-19-26)28-14-10-11-15-29(28)33-39-41-44(7)40-33/h10-12,14-21,25,42H,9,13,22-24H2,1-8H3/p+1. The van der Waals surface area contributed by atoms with Crippen LogP contribution in [0.3, 0.4) is 0 Å². The van der Waals surface area contributed by atoms with E-state index in [9.17, 15) is 9.59 Å². The van der Waals surface area contributed by atoms with Crippen molar-refractivity contribution in [2.45, 2.75) is 59.4 Å². The second kappa shape index (κ2) is 17.6. The molecule has 0 aliphatic carbocycles. The second-order valence-electron chi connectivity index (χ2n) is 13.1. The van der Waals surface area contributed by atoms with Crippen LogP contribution < -0.4 is 15.7 Å². The van der Waals surface area contributed by atoms with E-state index in [1.807, 2.05) is 87.8 Å². The Morgan fingerprint density at radius 3 is 2.41 bits per heavy atom. The van der Waals surface area contributed by atoms with E-state index in [4.69, 9.17) is 28.6 Å². The van der Waals surface area contributed by atoms with Crippen LogP contribution in [0.1, 0.15) is 62.5 Å². The predicted octanol–water partition coefficient (Wildman–Crippen LogP) is 5.42. The fraction of sp³-hybridized carbons (Fsp3) is 0.405. The van der Waals surface area contributed by atoms with E-state index in [1.165, 1.54) is 19.0 Å². The average Bonchev–Trinajstić information content (AvgIpc) is 3.73. The number of esters is 1. The van der Waals surface area contributed by atoms with Gasteiger partial charge in [0.1, 0.15) is 6.61 Å². The van der Waals surface area contributed by atoms with Gasteiger partial charge < -0.3 is 23.8 Å². The van der Waals surface area contributed by atoms with Crippen LogP contribution in [0.5, 0.6) is 6.01 Å². The van der Waals surface area contributed by atoms with E-state index < -0.39 is 18.4 Å². The number of hydrazone groups is 1. The molecule has 1 unspecified atom stereocenters. The molecule has 0 amide bonds. The molecule has 17 nitrogen and oxygen atoms in total. The molecule has 288 valence electrons. The van der Waals surface area contributed by atoms with E-state index in [2.05, 4.69) is 26.3 Å². The van der Waals surface area contributed by atoms with Gasteiger partial charge in [-0.2, -0.15) is 4.98 Å². The molecule has 1 aromatic heterocycles. The number of aromatic nitrogens is 2. The van der Waals surface area contributed by atoms with Crippen LogP contribution in [-0.2, 0) is 30.4 Å². The fourth-order valence-electron chi connectivity index (χ4n) is 5.33. The van der Waals surface area contributed by atoms with Crippen molar-refractivity contribution >= 4 is 29.0 Å². The van der Waals surface area contributed by atoms with Crippen LogP contribution in [0.4, 0.5) is 4.79 Å². The molecule has 0 radical (unpaired) electrons. The quantitative estimate of drug-likeness (QED) is 0.0374. The molecule has 1 atom stereocenters. The van der Waals surface area contributed by atoms with Gasteiger partial charge in [-0.15, -0.1) is 15.6 Å². The zero-order valence-electron chi connectivity index (χ0n) is 31.9. The molecule has 17 heteroatoms. The zero-order valence-corrected chi connectivity index (χ0v) is 31.9. The largest absolute Gasteiger partial charge is 0.511 e. The monoisotopic (exact) mass is 746 g/mol. The molecule has 3 aromatic carbocycles. The normalized spacial score (nSPS) is 13.5. The number of carbonyl (C=O) groups is 2. The number of hydrazine groups is 3. The van der Waals surface area contributed by atoms with Gasteiger partial charge >= 0.3 is 12.1 Å². The minimum absolute atomic E-state index is 0.00905. The summed E-state index contributed by atoms with van der Waals surface area (Å²) >= 11 is 0. The van der Waals surface area contributed by atoms with Gasteiger partial charge in [-0.25, -0.2) is 19.5 Å². The molecule has 0 saturated heterocycles. The molecule has 2 N–H and O–H groups in total. The van der Waals surface area contributed by atoms with Crippen molar-refractivity contribution in [2.24, 2.45) is 10.4 Å². The number of fused-ring (bicyclic) bond motifs is 1. The highest BCUT2D eigenvalue weighted by Gasteiger charge is 2.30. The van der Waals surface area contributed by atoms with Gasteiger partial charge in [-0.3, -0.25) is 9.99 Å². The topological polar surface area (TPSA) is 166 Å². The Kier molecular flexibility index (Phi) is 12.8. The summed E-state index contributed by atoms with van der Waals surface area (Å²) < 4.78 is 23.5. The Balaban J connectivity index is 1.22. The number of hydrogen-bond donors (Lipinski definition) is 2. The summed E-state index contributed by atoms with van der Waals surface area (Å²) in [6, 6.07) is 21.6. The third kappa shape index (κ3) is 9.65. The molecular weight excluding hydrogens is 698 g/mol. The Bertz CT molecular complexity index is 1970.